The molecule has 232 valence electrons. The molecule has 7 aromatic rings. The molecular weight excluding hydrogens is 597 g/mol. The summed E-state index contributed by atoms with van der Waals surface area (Å²) < 4.78 is 0. The molecule has 0 fully saturated rings. The Morgan fingerprint density at radius 1 is 0.510 bits per heavy atom. The van der Waals surface area contributed by atoms with E-state index in [1.54, 1.807) is 0 Å². The molecule has 2 atom stereocenters. The summed E-state index contributed by atoms with van der Waals surface area (Å²) in [5.74, 6) is 2.45. The highest BCUT2D eigenvalue weighted by atomic mass is 15.0. The van der Waals surface area contributed by atoms with Gasteiger partial charge in [-0.15, -0.1) is 0 Å². The van der Waals surface area contributed by atoms with Crippen LogP contribution < -0.4 is 0 Å². The summed E-state index contributed by atoms with van der Waals surface area (Å²) in [6, 6.07) is 54.1. The number of nitriles is 1. The minimum atomic E-state index is 0.216. The third-order valence-electron chi connectivity index (χ3n) is 9.39. The number of hydrogen-bond donors (Lipinski definition) is 0. The highest BCUT2D eigenvalue weighted by molar-refractivity contribution is 5.78. The predicted octanol–water partition coefficient (Wildman–Crippen LogP) is 11.0. The lowest BCUT2D eigenvalue weighted by Gasteiger charge is -2.30. The van der Waals surface area contributed by atoms with Crippen LogP contribution in [0.25, 0.3) is 62.5 Å². The summed E-state index contributed by atoms with van der Waals surface area (Å²) >= 11 is 0. The van der Waals surface area contributed by atoms with Crippen LogP contribution in [0.5, 0.6) is 0 Å². The van der Waals surface area contributed by atoms with E-state index in [2.05, 4.69) is 91.9 Å². The van der Waals surface area contributed by atoms with Crippen molar-refractivity contribution in [3.8, 4) is 62.5 Å². The van der Waals surface area contributed by atoms with Crippen molar-refractivity contribution >= 4 is 6.08 Å². The van der Waals surface area contributed by atoms with E-state index >= 15 is 0 Å². The van der Waals surface area contributed by atoms with E-state index in [9.17, 15) is 5.26 Å². The first kappa shape index (κ1) is 29.9. The third-order valence-corrected chi connectivity index (χ3v) is 9.39. The van der Waals surface area contributed by atoms with Crippen molar-refractivity contribution in [1.29, 1.82) is 5.26 Å². The molecule has 0 amide bonds. The van der Waals surface area contributed by atoms with Crippen molar-refractivity contribution in [3.63, 3.8) is 0 Å². The van der Waals surface area contributed by atoms with Gasteiger partial charge in [0.15, 0.2) is 17.5 Å². The highest BCUT2D eigenvalue weighted by Gasteiger charge is 2.27. The fourth-order valence-corrected chi connectivity index (χ4v) is 6.84. The van der Waals surface area contributed by atoms with Crippen molar-refractivity contribution in [2.24, 2.45) is 0 Å². The Hall–Kier alpha value is -6.44. The minimum Gasteiger partial charge on any atom is -0.208 e. The maximum Gasteiger partial charge on any atom is 0.164 e. The first-order chi connectivity index (χ1) is 24.1. The lowest BCUT2D eigenvalue weighted by Crippen LogP contribution is -2.12. The molecule has 1 aliphatic carbocycles. The molecule has 4 heteroatoms. The standard InChI is InChI=1S/C45H32N4/c1-30-40(27-26-35-15-9-17-41(42(30)35)34-20-18-32(19-21-34)39-16-8-10-31(28-39)29-46)33-22-24-38(25-23-33)45-48-43(36-11-4-2-5-12-36)47-44(49-45)37-13-6-3-7-14-37/h2-28,30,40H,1H3. The Morgan fingerprint density at radius 2 is 1.04 bits per heavy atom. The Labute approximate surface area is 286 Å². The van der Waals surface area contributed by atoms with E-state index in [4.69, 9.17) is 15.0 Å². The van der Waals surface area contributed by atoms with E-state index < -0.39 is 0 Å². The zero-order valence-electron chi connectivity index (χ0n) is 27.0. The van der Waals surface area contributed by atoms with E-state index in [1.165, 1.54) is 27.8 Å². The number of fused-ring (bicyclic) bond motifs is 1. The van der Waals surface area contributed by atoms with E-state index in [-0.39, 0.29) is 11.8 Å². The predicted molar refractivity (Wildman–Crippen MR) is 198 cm³/mol. The normalized spacial score (nSPS) is 14.9. The summed E-state index contributed by atoms with van der Waals surface area (Å²) in [5, 5.41) is 9.34. The molecular formula is C45H32N4. The Bertz CT molecular complexity index is 2280. The molecule has 0 saturated heterocycles. The van der Waals surface area contributed by atoms with Crippen LogP contribution in [-0.2, 0) is 0 Å². The fourth-order valence-electron chi connectivity index (χ4n) is 6.84. The van der Waals surface area contributed by atoms with Crippen LogP contribution in [0, 0.1) is 11.3 Å². The molecule has 6 aromatic carbocycles. The second-order valence-corrected chi connectivity index (χ2v) is 12.4. The van der Waals surface area contributed by atoms with Crippen molar-refractivity contribution in [2.45, 2.75) is 18.8 Å². The Balaban J connectivity index is 1.10. The first-order valence-electron chi connectivity index (χ1n) is 16.5. The topological polar surface area (TPSA) is 62.5 Å². The molecule has 0 radical (unpaired) electrons. The average Bonchev–Trinajstić information content (AvgIpc) is 3.18. The van der Waals surface area contributed by atoms with Crippen LogP contribution in [0.15, 0.2) is 158 Å². The van der Waals surface area contributed by atoms with Gasteiger partial charge < -0.3 is 0 Å². The van der Waals surface area contributed by atoms with Gasteiger partial charge >= 0.3 is 0 Å². The van der Waals surface area contributed by atoms with Gasteiger partial charge in [-0.3, -0.25) is 0 Å². The zero-order chi connectivity index (χ0) is 33.2. The van der Waals surface area contributed by atoms with Crippen LogP contribution in [-0.4, -0.2) is 15.0 Å². The second kappa shape index (κ2) is 13.0. The monoisotopic (exact) mass is 628 g/mol. The van der Waals surface area contributed by atoms with Gasteiger partial charge in [-0.2, -0.15) is 5.26 Å². The SMILES string of the molecule is CC1c2c(cccc2-c2ccc(-c3cccc(C#N)c3)cc2)C=CC1c1ccc(-c2nc(-c3ccccc3)nc(-c3ccccc3)n2)cc1. The summed E-state index contributed by atoms with van der Waals surface area (Å²) in [7, 11) is 0. The molecule has 1 aliphatic rings. The van der Waals surface area contributed by atoms with Crippen molar-refractivity contribution in [2.75, 3.05) is 0 Å². The number of rotatable bonds is 6. The smallest absolute Gasteiger partial charge is 0.164 e. The molecule has 1 aromatic heterocycles. The van der Waals surface area contributed by atoms with E-state index in [0.29, 0.717) is 23.0 Å². The van der Waals surface area contributed by atoms with Crippen LogP contribution in [0.4, 0.5) is 0 Å². The zero-order valence-corrected chi connectivity index (χ0v) is 27.0. The molecule has 0 saturated carbocycles. The highest BCUT2D eigenvalue weighted by Crippen LogP contribution is 2.45. The number of nitrogens with zero attached hydrogens (tertiary/aromatic N) is 4. The fraction of sp³-hybridized carbons (Fsp3) is 0.0667. The van der Waals surface area contributed by atoms with Gasteiger partial charge in [0.2, 0.25) is 0 Å². The van der Waals surface area contributed by atoms with Gasteiger partial charge in [-0.1, -0.05) is 159 Å². The molecule has 2 unspecified atom stereocenters. The number of aromatic nitrogens is 3. The minimum absolute atomic E-state index is 0.216. The molecule has 8 rings (SSSR count). The van der Waals surface area contributed by atoms with E-state index in [1.807, 2.05) is 84.9 Å². The number of hydrogen-bond acceptors (Lipinski definition) is 4. The largest absolute Gasteiger partial charge is 0.208 e. The molecule has 49 heavy (non-hydrogen) atoms. The van der Waals surface area contributed by atoms with Gasteiger partial charge in [-0.25, -0.2) is 15.0 Å². The lowest BCUT2D eigenvalue weighted by molar-refractivity contribution is 0.671. The molecule has 0 N–H and O–H groups in total. The average molecular weight is 629 g/mol. The van der Waals surface area contributed by atoms with Gasteiger partial charge in [0, 0.05) is 22.6 Å². The summed E-state index contributed by atoms with van der Waals surface area (Å²) in [6.07, 6.45) is 4.60. The van der Waals surface area contributed by atoms with Gasteiger partial charge in [0.05, 0.1) is 11.6 Å². The van der Waals surface area contributed by atoms with Crippen LogP contribution in [0.2, 0.25) is 0 Å². The molecule has 4 nitrogen and oxygen atoms in total. The van der Waals surface area contributed by atoms with Crippen LogP contribution >= 0.6 is 0 Å². The quantitative estimate of drug-likeness (QED) is 0.184. The Morgan fingerprint density at radius 3 is 1.65 bits per heavy atom. The van der Waals surface area contributed by atoms with Gasteiger partial charge in [0.1, 0.15) is 0 Å². The molecule has 0 spiro atoms. The molecule has 0 aliphatic heterocycles. The van der Waals surface area contributed by atoms with Crippen molar-refractivity contribution < 1.29 is 0 Å². The maximum atomic E-state index is 9.34. The number of allylic oxidation sites excluding steroid dienone is 1. The Kier molecular flexibility index (Phi) is 7.93. The van der Waals surface area contributed by atoms with Crippen molar-refractivity contribution in [1.82, 2.24) is 15.0 Å². The van der Waals surface area contributed by atoms with Crippen LogP contribution in [0.1, 0.15) is 41.0 Å². The van der Waals surface area contributed by atoms with E-state index in [0.717, 1.165) is 27.8 Å². The lowest BCUT2D eigenvalue weighted by atomic mass is 9.74. The summed E-state index contributed by atoms with van der Waals surface area (Å²) in [4.78, 5) is 14.7. The number of benzene rings is 6. The second-order valence-electron chi connectivity index (χ2n) is 12.4. The molecule has 1 heterocycles. The summed E-state index contributed by atoms with van der Waals surface area (Å²) in [5.41, 5.74) is 12.0. The van der Waals surface area contributed by atoms with Crippen LogP contribution in [0.3, 0.4) is 0 Å². The molecule has 0 bridgehead atoms. The van der Waals surface area contributed by atoms with Gasteiger partial charge in [0.25, 0.3) is 0 Å². The maximum absolute atomic E-state index is 9.34. The van der Waals surface area contributed by atoms with Crippen molar-refractivity contribution in [3.05, 3.63) is 180 Å². The summed E-state index contributed by atoms with van der Waals surface area (Å²) in [6.45, 7) is 2.33. The van der Waals surface area contributed by atoms with Gasteiger partial charge in [-0.05, 0) is 57.0 Å². The third kappa shape index (κ3) is 5.95. The first-order valence-corrected chi connectivity index (χ1v) is 16.5.